The van der Waals surface area contributed by atoms with E-state index in [4.69, 9.17) is 14.9 Å². The number of morpholine rings is 1. The van der Waals surface area contributed by atoms with Gasteiger partial charge in [-0.1, -0.05) is 0 Å². The van der Waals surface area contributed by atoms with Crippen molar-refractivity contribution >= 4 is 29.0 Å². The normalized spacial score (nSPS) is 15.7. The van der Waals surface area contributed by atoms with E-state index in [2.05, 4.69) is 15.2 Å². The van der Waals surface area contributed by atoms with E-state index in [1.807, 2.05) is 30.5 Å². The quantitative estimate of drug-likeness (QED) is 0.767. The number of thioether (sulfide) groups is 1. The van der Waals surface area contributed by atoms with Crippen LogP contribution >= 0.6 is 11.8 Å². The molecule has 0 spiro atoms. The van der Waals surface area contributed by atoms with Crippen LogP contribution in [0.15, 0.2) is 34.9 Å². The largest absolute Gasteiger partial charge is 0.446 e. The van der Waals surface area contributed by atoms with Gasteiger partial charge in [0.25, 0.3) is 5.91 Å². The molecular formula is C18H24N4O3S. The van der Waals surface area contributed by atoms with Crippen molar-refractivity contribution in [1.29, 1.82) is 0 Å². The zero-order valence-corrected chi connectivity index (χ0v) is 15.6. The predicted molar refractivity (Wildman–Crippen MR) is 104 cm³/mol. The molecular weight excluding hydrogens is 352 g/mol. The molecule has 2 heterocycles. The molecule has 1 aliphatic rings. The lowest BCUT2D eigenvalue weighted by atomic mass is 10.2. The molecule has 1 fully saturated rings. The zero-order chi connectivity index (χ0) is 18.4. The third-order valence-electron chi connectivity index (χ3n) is 4.21. The monoisotopic (exact) mass is 376 g/mol. The Labute approximate surface area is 157 Å². The third kappa shape index (κ3) is 4.78. The molecule has 1 aromatic carbocycles. The first-order valence-corrected chi connectivity index (χ1v) is 10.0. The number of ether oxygens (including phenoxy) is 1. The highest BCUT2D eigenvalue weighted by atomic mass is 32.2. The standard InChI is InChI=1S/C18H24N4O3S/c1-26-11-6-15(19)18-21-16(12-25-18)17(23)20-13-2-4-14(5-3-13)22-7-9-24-10-8-22/h2-5,12,15H,6-11,19H2,1H3,(H,20,23)/t15-/m0/s1. The van der Waals surface area contributed by atoms with Crippen LogP contribution in [0.2, 0.25) is 0 Å². The summed E-state index contributed by atoms with van der Waals surface area (Å²) in [5, 5.41) is 2.83. The van der Waals surface area contributed by atoms with Gasteiger partial charge in [-0.05, 0) is 42.7 Å². The van der Waals surface area contributed by atoms with Gasteiger partial charge in [0.05, 0.1) is 19.3 Å². The minimum atomic E-state index is -0.309. The van der Waals surface area contributed by atoms with Crippen LogP contribution in [0, 0.1) is 0 Å². The molecule has 1 aromatic heterocycles. The number of oxazole rings is 1. The van der Waals surface area contributed by atoms with Crippen molar-refractivity contribution in [2.75, 3.05) is 48.5 Å². The number of anilines is 2. The molecule has 26 heavy (non-hydrogen) atoms. The summed E-state index contributed by atoms with van der Waals surface area (Å²) >= 11 is 1.71. The summed E-state index contributed by atoms with van der Waals surface area (Å²) in [5.41, 5.74) is 8.08. The maximum Gasteiger partial charge on any atom is 0.277 e. The average molecular weight is 376 g/mol. The van der Waals surface area contributed by atoms with Crippen LogP contribution < -0.4 is 16.0 Å². The number of rotatable bonds is 7. The fraction of sp³-hybridized carbons (Fsp3) is 0.444. The second kappa shape index (κ2) is 9.07. The molecule has 7 nitrogen and oxygen atoms in total. The molecule has 1 aliphatic heterocycles. The van der Waals surface area contributed by atoms with Gasteiger partial charge in [-0.2, -0.15) is 11.8 Å². The van der Waals surface area contributed by atoms with Crippen LogP contribution in [0.3, 0.4) is 0 Å². The van der Waals surface area contributed by atoms with Gasteiger partial charge in [0.15, 0.2) is 5.69 Å². The van der Waals surface area contributed by atoms with Crippen LogP contribution in [0.1, 0.15) is 28.8 Å². The molecule has 3 N–H and O–H groups in total. The number of nitrogens with one attached hydrogen (secondary N) is 1. The highest BCUT2D eigenvalue weighted by Gasteiger charge is 2.17. The average Bonchev–Trinajstić information content (AvgIpc) is 3.18. The molecule has 140 valence electrons. The molecule has 0 bridgehead atoms. The van der Waals surface area contributed by atoms with Gasteiger partial charge in [-0.25, -0.2) is 4.98 Å². The molecule has 3 rings (SSSR count). The van der Waals surface area contributed by atoms with Gasteiger partial charge in [0, 0.05) is 24.5 Å². The number of carbonyl (C=O) groups is 1. The van der Waals surface area contributed by atoms with E-state index < -0.39 is 0 Å². The van der Waals surface area contributed by atoms with Gasteiger partial charge in [0.1, 0.15) is 6.26 Å². The number of nitrogens with two attached hydrogens (primary N) is 1. The molecule has 2 aromatic rings. The number of aromatic nitrogens is 1. The number of benzene rings is 1. The van der Waals surface area contributed by atoms with Crippen LogP contribution in [-0.2, 0) is 4.74 Å². The summed E-state index contributed by atoms with van der Waals surface area (Å²) in [6.45, 7) is 3.24. The lowest BCUT2D eigenvalue weighted by molar-refractivity contribution is 0.102. The highest BCUT2D eigenvalue weighted by Crippen LogP contribution is 2.20. The molecule has 1 atom stereocenters. The molecule has 1 saturated heterocycles. The number of nitrogens with zero attached hydrogens (tertiary/aromatic N) is 2. The number of carbonyl (C=O) groups excluding carboxylic acids is 1. The fourth-order valence-corrected chi connectivity index (χ4v) is 3.19. The number of hydrogen-bond acceptors (Lipinski definition) is 7. The van der Waals surface area contributed by atoms with Gasteiger partial charge >= 0.3 is 0 Å². The minimum absolute atomic E-state index is 0.233. The Balaban J connectivity index is 1.58. The number of amides is 1. The van der Waals surface area contributed by atoms with E-state index in [-0.39, 0.29) is 17.6 Å². The first kappa shape index (κ1) is 18.8. The molecule has 1 amide bonds. The zero-order valence-electron chi connectivity index (χ0n) is 14.8. The molecule has 0 saturated carbocycles. The lowest BCUT2D eigenvalue weighted by Gasteiger charge is -2.28. The van der Waals surface area contributed by atoms with E-state index in [0.29, 0.717) is 11.6 Å². The molecule has 0 aliphatic carbocycles. The van der Waals surface area contributed by atoms with Crippen molar-refractivity contribution in [3.63, 3.8) is 0 Å². The molecule has 8 heteroatoms. The van der Waals surface area contributed by atoms with Crippen molar-refractivity contribution in [3.8, 4) is 0 Å². The van der Waals surface area contributed by atoms with E-state index in [9.17, 15) is 4.79 Å². The number of hydrogen-bond donors (Lipinski definition) is 2. The van der Waals surface area contributed by atoms with Gasteiger partial charge in [-0.3, -0.25) is 4.79 Å². The van der Waals surface area contributed by atoms with Gasteiger partial charge in [0.2, 0.25) is 5.89 Å². The maximum absolute atomic E-state index is 12.3. The van der Waals surface area contributed by atoms with Crippen LogP contribution in [0.4, 0.5) is 11.4 Å². The van der Waals surface area contributed by atoms with E-state index in [1.54, 1.807) is 11.8 Å². The minimum Gasteiger partial charge on any atom is -0.446 e. The molecule has 0 radical (unpaired) electrons. The van der Waals surface area contributed by atoms with Crippen LogP contribution in [0.5, 0.6) is 0 Å². The van der Waals surface area contributed by atoms with Crippen molar-refractivity contribution in [3.05, 3.63) is 42.1 Å². The van der Waals surface area contributed by atoms with E-state index in [1.165, 1.54) is 6.26 Å². The Hall–Kier alpha value is -2.03. The van der Waals surface area contributed by atoms with Gasteiger partial charge in [-0.15, -0.1) is 0 Å². The maximum atomic E-state index is 12.3. The topological polar surface area (TPSA) is 93.6 Å². The third-order valence-corrected chi connectivity index (χ3v) is 4.85. The smallest absolute Gasteiger partial charge is 0.277 e. The van der Waals surface area contributed by atoms with Gasteiger partial charge < -0.3 is 25.1 Å². The second-order valence-corrected chi connectivity index (χ2v) is 7.04. The lowest BCUT2D eigenvalue weighted by Crippen LogP contribution is -2.36. The van der Waals surface area contributed by atoms with Crippen molar-refractivity contribution < 1.29 is 13.9 Å². The Morgan fingerprint density at radius 2 is 2.08 bits per heavy atom. The van der Waals surface area contributed by atoms with E-state index >= 15 is 0 Å². The van der Waals surface area contributed by atoms with Crippen molar-refractivity contribution in [2.45, 2.75) is 12.5 Å². The Morgan fingerprint density at radius 1 is 1.35 bits per heavy atom. The van der Waals surface area contributed by atoms with Crippen molar-refractivity contribution in [1.82, 2.24) is 4.98 Å². The summed E-state index contributed by atoms with van der Waals surface area (Å²) in [6.07, 6.45) is 4.13. The first-order chi connectivity index (χ1) is 12.7. The summed E-state index contributed by atoms with van der Waals surface area (Å²) in [7, 11) is 0. The SMILES string of the molecule is CSCC[C@H](N)c1nc(C(=O)Nc2ccc(N3CCOCC3)cc2)co1. The Bertz CT molecular complexity index is 713. The Morgan fingerprint density at radius 3 is 2.77 bits per heavy atom. The first-order valence-electron chi connectivity index (χ1n) is 8.61. The summed E-state index contributed by atoms with van der Waals surface area (Å²) in [6, 6.07) is 7.46. The Kier molecular flexibility index (Phi) is 6.54. The van der Waals surface area contributed by atoms with E-state index in [0.717, 1.165) is 44.2 Å². The molecule has 0 unspecified atom stereocenters. The van der Waals surface area contributed by atoms with Crippen LogP contribution in [0.25, 0.3) is 0 Å². The highest BCUT2D eigenvalue weighted by molar-refractivity contribution is 7.98. The summed E-state index contributed by atoms with van der Waals surface area (Å²) < 4.78 is 10.7. The summed E-state index contributed by atoms with van der Waals surface area (Å²) in [5.74, 6) is 1.00. The van der Waals surface area contributed by atoms with Crippen LogP contribution in [-0.4, -0.2) is 49.2 Å². The fourth-order valence-electron chi connectivity index (χ4n) is 2.70. The second-order valence-electron chi connectivity index (χ2n) is 6.06. The van der Waals surface area contributed by atoms with Crippen molar-refractivity contribution in [2.24, 2.45) is 5.73 Å². The predicted octanol–water partition coefficient (Wildman–Crippen LogP) is 2.52. The summed E-state index contributed by atoms with van der Waals surface area (Å²) in [4.78, 5) is 18.8.